The Morgan fingerprint density at radius 3 is 1.50 bits per heavy atom. The van der Waals surface area contributed by atoms with Crippen LogP contribution in [0.2, 0.25) is 0 Å². The third-order valence-electron chi connectivity index (χ3n) is 0. The Balaban J connectivity index is -0.0000000150. The molecule has 0 fully saturated rings. The summed E-state index contributed by atoms with van der Waals surface area (Å²) < 4.78 is 0. The van der Waals surface area contributed by atoms with Crippen molar-refractivity contribution in [3.63, 3.8) is 0 Å². The Morgan fingerprint density at radius 2 is 1.50 bits per heavy atom. The first-order chi connectivity index (χ1) is 1.73. The summed E-state index contributed by atoms with van der Waals surface area (Å²) in [5.74, 6) is 0. The molecule has 36 valence electrons. The predicted octanol–water partition coefficient (Wildman–Crippen LogP) is -2.66. The van der Waals surface area contributed by atoms with Gasteiger partial charge in [-0.05, 0) is 0 Å². The van der Waals surface area contributed by atoms with Crippen LogP contribution in [-0.4, -0.2) is 16.4 Å². The van der Waals surface area contributed by atoms with Gasteiger partial charge in [0.1, 0.15) is 0 Å². The number of hydrogen-bond donors (Lipinski definition) is 2. The summed E-state index contributed by atoms with van der Waals surface area (Å²) in [6.07, 6.45) is -1.83. The van der Waals surface area contributed by atoms with E-state index in [1.165, 1.54) is 0 Å². The van der Waals surface area contributed by atoms with E-state index in [-0.39, 0.29) is 90.7 Å². The summed E-state index contributed by atoms with van der Waals surface area (Å²) >= 11 is 0. The molecule has 0 unspecified atom stereocenters. The Bertz CT molecular complexity index is 37.9. The van der Waals surface area contributed by atoms with Gasteiger partial charge in [0, 0.05) is 20.4 Å². The normalized spacial score (nSPS) is 4.00. The van der Waals surface area contributed by atoms with Crippen LogP contribution in [0.15, 0.2) is 0 Å². The van der Waals surface area contributed by atoms with E-state index in [0.717, 1.165) is 0 Å². The monoisotopic (exact) mass is 302 g/mol. The van der Waals surface area contributed by atoms with Crippen molar-refractivity contribution < 1.29 is 106 Å². The van der Waals surface area contributed by atoms with Gasteiger partial charge in [-0.25, -0.2) is 4.79 Å². The van der Waals surface area contributed by atoms with Crippen LogP contribution in [0.3, 0.4) is 0 Å². The largest absolute Gasteiger partial charge is 1.00 e. The summed E-state index contributed by atoms with van der Waals surface area (Å²) in [4.78, 5) is 8.56. The van der Waals surface area contributed by atoms with Crippen LogP contribution in [0.1, 0.15) is 1.43 Å². The second kappa shape index (κ2) is 10.1. The average Bonchev–Trinajstić information content (AvgIpc) is 0.811. The molecule has 5 heteroatoms. The zero-order chi connectivity index (χ0) is 3.58. The molecule has 0 atom stereocenters. The summed E-state index contributed by atoms with van der Waals surface area (Å²) in [7, 11) is 0. The summed E-state index contributed by atoms with van der Waals surface area (Å²) in [5, 5.41) is 13.9. The molecule has 0 aromatic heterocycles. The van der Waals surface area contributed by atoms with Gasteiger partial charge in [-0.2, -0.15) is 0 Å². The molecule has 0 spiro atoms. The Kier molecular flexibility index (Phi) is 26.3. The molecular formula is CH3CsO3Pd. The topological polar surface area (TPSA) is 57.5 Å². The molecule has 0 aromatic rings. The fraction of sp³-hybridized carbons (Fsp3) is 0. The van der Waals surface area contributed by atoms with Gasteiger partial charge >= 0.3 is 75.0 Å². The van der Waals surface area contributed by atoms with E-state index in [1.807, 2.05) is 0 Å². The molecule has 3 nitrogen and oxygen atoms in total. The van der Waals surface area contributed by atoms with Crippen LogP contribution in [0.5, 0.6) is 0 Å². The fourth-order valence-electron chi connectivity index (χ4n) is 0. The van der Waals surface area contributed by atoms with Gasteiger partial charge in [0.15, 0.2) is 0 Å². The van der Waals surface area contributed by atoms with Crippen molar-refractivity contribution in [2.24, 2.45) is 0 Å². The van der Waals surface area contributed by atoms with Crippen molar-refractivity contribution >= 4 is 6.16 Å². The van der Waals surface area contributed by atoms with Crippen LogP contribution >= 0.6 is 0 Å². The molecule has 6 heavy (non-hydrogen) atoms. The summed E-state index contributed by atoms with van der Waals surface area (Å²) in [6.45, 7) is 0. The van der Waals surface area contributed by atoms with E-state index in [1.54, 1.807) is 0 Å². The molecule has 0 aromatic carbocycles. The maximum Gasteiger partial charge on any atom is 1.00 e. The second-order valence-corrected chi connectivity index (χ2v) is 0.283. The van der Waals surface area contributed by atoms with E-state index < -0.39 is 6.16 Å². The van der Waals surface area contributed by atoms with Gasteiger partial charge in [-0.3, -0.25) is 0 Å². The number of carbonyl (C=O) groups is 1. The van der Waals surface area contributed by atoms with E-state index in [0.29, 0.717) is 0 Å². The molecular weight excluding hydrogens is 299 g/mol. The van der Waals surface area contributed by atoms with Crippen molar-refractivity contribution in [2.75, 3.05) is 0 Å². The van der Waals surface area contributed by atoms with Gasteiger partial charge < -0.3 is 11.6 Å². The zero-order valence-corrected chi connectivity index (χ0v) is 11.0. The SMILES string of the molecule is O=C(O)O.[Cs+].[H-].[Pd]. The van der Waals surface area contributed by atoms with E-state index in [4.69, 9.17) is 15.0 Å². The molecule has 0 aliphatic carbocycles. The fourth-order valence-corrected chi connectivity index (χ4v) is 0. The number of hydrogen-bond acceptors (Lipinski definition) is 1. The molecule has 2 N–H and O–H groups in total. The minimum atomic E-state index is -1.83. The summed E-state index contributed by atoms with van der Waals surface area (Å²) in [6, 6.07) is 0. The van der Waals surface area contributed by atoms with Crippen molar-refractivity contribution in [1.82, 2.24) is 0 Å². The first-order valence-electron chi connectivity index (χ1n) is 0.651. The van der Waals surface area contributed by atoms with Gasteiger partial charge in [-0.1, -0.05) is 0 Å². The third-order valence-corrected chi connectivity index (χ3v) is 0. The van der Waals surface area contributed by atoms with Crippen LogP contribution in [0.4, 0.5) is 4.79 Å². The van der Waals surface area contributed by atoms with E-state index in [2.05, 4.69) is 0 Å². The van der Waals surface area contributed by atoms with Crippen LogP contribution in [0, 0.1) is 0 Å². The van der Waals surface area contributed by atoms with E-state index >= 15 is 0 Å². The van der Waals surface area contributed by atoms with Crippen molar-refractivity contribution in [3.8, 4) is 0 Å². The van der Waals surface area contributed by atoms with Crippen LogP contribution < -0.4 is 68.9 Å². The van der Waals surface area contributed by atoms with Crippen molar-refractivity contribution in [2.45, 2.75) is 0 Å². The predicted molar refractivity (Wildman–Crippen MR) is 11.8 cm³/mol. The average molecular weight is 302 g/mol. The van der Waals surface area contributed by atoms with Crippen molar-refractivity contribution in [3.05, 3.63) is 0 Å². The second-order valence-electron chi connectivity index (χ2n) is 0.283. The Hall–Kier alpha value is 1.98. The summed E-state index contributed by atoms with van der Waals surface area (Å²) in [5.41, 5.74) is 0. The Labute approximate surface area is 109 Å². The number of rotatable bonds is 0. The molecule has 0 saturated heterocycles. The van der Waals surface area contributed by atoms with Crippen LogP contribution in [-0.2, 0) is 20.4 Å². The number of carboxylic acid groups (broad SMARTS) is 2. The third kappa shape index (κ3) is 37.8. The molecule has 0 bridgehead atoms. The molecule has 0 aliphatic heterocycles. The molecule has 0 radical (unpaired) electrons. The maximum absolute atomic E-state index is 8.56. The minimum Gasteiger partial charge on any atom is -1.00 e. The van der Waals surface area contributed by atoms with Gasteiger partial charge in [0.2, 0.25) is 0 Å². The standard InChI is InChI=1S/CH2O3.Cs.Pd.H/c2-1(3)4;;;/h(H2,2,3,4);;;/q;+1;;-1. The smallest absolute Gasteiger partial charge is 1.00 e. The van der Waals surface area contributed by atoms with Crippen LogP contribution in [0.25, 0.3) is 0 Å². The van der Waals surface area contributed by atoms with Crippen molar-refractivity contribution in [1.29, 1.82) is 0 Å². The zero-order valence-electron chi connectivity index (χ0n) is 4.12. The van der Waals surface area contributed by atoms with Gasteiger partial charge in [0.25, 0.3) is 0 Å². The molecule has 0 rings (SSSR count). The van der Waals surface area contributed by atoms with Gasteiger partial charge in [0.05, 0.1) is 0 Å². The molecule has 0 aliphatic rings. The quantitative estimate of drug-likeness (QED) is 0.480. The molecule has 0 heterocycles. The molecule has 0 saturated carbocycles. The van der Waals surface area contributed by atoms with E-state index in [9.17, 15) is 0 Å². The van der Waals surface area contributed by atoms with Gasteiger partial charge in [-0.15, -0.1) is 0 Å². The minimum absolute atomic E-state index is 0. The maximum atomic E-state index is 8.56. The molecule has 0 amide bonds. The Morgan fingerprint density at radius 1 is 1.50 bits per heavy atom. The first kappa shape index (κ1) is 15.7. The first-order valence-corrected chi connectivity index (χ1v) is 0.651.